The SMILES string of the molecule is CN(CC(N)=O)c1ccc(F)cc1/C=C/C(=O)O. The minimum absolute atomic E-state index is 0.0421. The number of nitrogens with zero attached hydrogens (tertiary/aromatic N) is 1. The van der Waals surface area contributed by atoms with Crippen LogP contribution in [0.2, 0.25) is 0 Å². The lowest BCUT2D eigenvalue weighted by molar-refractivity contribution is -0.131. The number of aliphatic carboxylic acids is 1. The molecule has 1 aromatic rings. The van der Waals surface area contributed by atoms with Gasteiger partial charge in [0.25, 0.3) is 0 Å². The smallest absolute Gasteiger partial charge is 0.328 e. The number of halogens is 1. The summed E-state index contributed by atoms with van der Waals surface area (Å²) in [6.45, 7) is -0.0421. The number of carbonyl (C=O) groups is 2. The van der Waals surface area contributed by atoms with Gasteiger partial charge in [0, 0.05) is 24.4 Å². The van der Waals surface area contributed by atoms with Crippen LogP contribution in [0, 0.1) is 5.82 Å². The van der Waals surface area contributed by atoms with Crippen LogP contribution in [0.4, 0.5) is 10.1 Å². The Kier molecular flexibility index (Phi) is 4.42. The van der Waals surface area contributed by atoms with Crippen LogP contribution in [-0.2, 0) is 9.59 Å². The monoisotopic (exact) mass is 252 g/mol. The highest BCUT2D eigenvalue weighted by Gasteiger charge is 2.09. The summed E-state index contributed by atoms with van der Waals surface area (Å²) in [6, 6.07) is 3.87. The summed E-state index contributed by atoms with van der Waals surface area (Å²) in [5.74, 6) is -2.16. The Morgan fingerprint density at radius 3 is 2.72 bits per heavy atom. The van der Waals surface area contributed by atoms with Gasteiger partial charge in [-0.05, 0) is 24.3 Å². The number of benzene rings is 1. The highest BCUT2D eigenvalue weighted by Crippen LogP contribution is 2.21. The lowest BCUT2D eigenvalue weighted by Gasteiger charge is -2.19. The molecule has 0 radical (unpaired) electrons. The van der Waals surface area contributed by atoms with Gasteiger partial charge in [-0.1, -0.05) is 0 Å². The normalized spacial score (nSPS) is 10.6. The van der Waals surface area contributed by atoms with Gasteiger partial charge < -0.3 is 15.7 Å². The van der Waals surface area contributed by atoms with E-state index in [1.54, 1.807) is 7.05 Å². The van der Waals surface area contributed by atoms with Crippen LogP contribution < -0.4 is 10.6 Å². The molecule has 0 saturated heterocycles. The van der Waals surface area contributed by atoms with Crippen molar-refractivity contribution in [2.75, 3.05) is 18.5 Å². The number of likely N-dealkylation sites (N-methyl/N-ethyl adjacent to an activating group) is 1. The Morgan fingerprint density at radius 1 is 1.50 bits per heavy atom. The molecule has 0 aromatic heterocycles. The quantitative estimate of drug-likeness (QED) is 0.761. The number of hydrogen-bond acceptors (Lipinski definition) is 3. The molecule has 0 unspecified atom stereocenters. The van der Waals surface area contributed by atoms with Crippen molar-refractivity contribution in [3.05, 3.63) is 35.7 Å². The van der Waals surface area contributed by atoms with Gasteiger partial charge in [0.15, 0.2) is 0 Å². The van der Waals surface area contributed by atoms with E-state index >= 15 is 0 Å². The molecule has 0 fully saturated rings. The van der Waals surface area contributed by atoms with E-state index in [4.69, 9.17) is 10.8 Å². The summed E-state index contributed by atoms with van der Waals surface area (Å²) < 4.78 is 13.1. The molecule has 0 aliphatic heterocycles. The van der Waals surface area contributed by atoms with Gasteiger partial charge in [-0.25, -0.2) is 9.18 Å². The van der Waals surface area contributed by atoms with E-state index in [1.165, 1.54) is 29.2 Å². The molecular formula is C12H13FN2O3. The molecule has 5 nitrogen and oxygen atoms in total. The number of carbonyl (C=O) groups excluding carboxylic acids is 1. The molecule has 1 aromatic carbocycles. The van der Waals surface area contributed by atoms with Crippen LogP contribution in [0.5, 0.6) is 0 Å². The van der Waals surface area contributed by atoms with Gasteiger partial charge in [-0.15, -0.1) is 0 Å². The molecule has 0 aliphatic rings. The first-order valence-electron chi connectivity index (χ1n) is 5.10. The van der Waals surface area contributed by atoms with Crippen molar-refractivity contribution in [3.63, 3.8) is 0 Å². The first kappa shape index (κ1) is 13.7. The van der Waals surface area contributed by atoms with Crippen molar-refractivity contribution in [2.24, 2.45) is 5.73 Å². The van der Waals surface area contributed by atoms with Crippen LogP contribution in [0.25, 0.3) is 6.08 Å². The minimum atomic E-state index is -1.14. The fourth-order valence-corrected chi connectivity index (χ4v) is 1.49. The van der Waals surface area contributed by atoms with Crippen molar-refractivity contribution < 1.29 is 19.1 Å². The number of hydrogen-bond donors (Lipinski definition) is 2. The number of carboxylic acids is 1. The van der Waals surface area contributed by atoms with E-state index in [0.717, 1.165) is 6.08 Å². The number of carboxylic acid groups (broad SMARTS) is 1. The van der Waals surface area contributed by atoms with E-state index in [1.807, 2.05) is 0 Å². The number of nitrogens with two attached hydrogens (primary N) is 1. The zero-order valence-electron chi connectivity index (χ0n) is 9.76. The van der Waals surface area contributed by atoms with Gasteiger partial charge in [0.1, 0.15) is 5.82 Å². The average Bonchev–Trinajstić information content (AvgIpc) is 2.25. The van der Waals surface area contributed by atoms with E-state index in [2.05, 4.69) is 0 Å². The Labute approximate surface area is 103 Å². The van der Waals surface area contributed by atoms with E-state index < -0.39 is 17.7 Å². The third-order valence-corrected chi connectivity index (χ3v) is 2.20. The van der Waals surface area contributed by atoms with Gasteiger partial charge in [-0.2, -0.15) is 0 Å². The summed E-state index contributed by atoms with van der Waals surface area (Å²) in [6.07, 6.45) is 2.16. The largest absolute Gasteiger partial charge is 0.478 e. The fourth-order valence-electron chi connectivity index (χ4n) is 1.49. The average molecular weight is 252 g/mol. The van der Waals surface area contributed by atoms with Crippen LogP contribution in [0.15, 0.2) is 24.3 Å². The van der Waals surface area contributed by atoms with Crippen LogP contribution in [0.1, 0.15) is 5.56 Å². The molecule has 0 atom stereocenters. The number of rotatable bonds is 5. The third-order valence-electron chi connectivity index (χ3n) is 2.20. The molecule has 0 heterocycles. The Bertz CT molecular complexity index is 500. The molecule has 0 aliphatic carbocycles. The van der Waals surface area contributed by atoms with E-state index in [0.29, 0.717) is 11.3 Å². The van der Waals surface area contributed by atoms with Crippen molar-refractivity contribution in [2.45, 2.75) is 0 Å². The predicted octanol–water partition coefficient (Wildman–Crippen LogP) is 0.845. The Balaban J connectivity index is 3.10. The van der Waals surface area contributed by atoms with Crippen molar-refractivity contribution in [3.8, 4) is 0 Å². The van der Waals surface area contributed by atoms with Crippen LogP contribution in [0.3, 0.4) is 0 Å². The second-order valence-electron chi connectivity index (χ2n) is 3.70. The molecule has 18 heavy (non-hydrogen) atoms. The molecule has 1 rings (SSSR count). The summed E-state index contributed by atoms with van der Waals surface area (Å²) in [4.78, 5) is 22.8. The maximum absolute atomic E-state index is 13.1. The Hall–Kier alpha value is -2.37. The van der Waals surface area contributed by atoms with Gasteiger partial charge in [0.2, 0.25) is 5.91 Å². The standard InChI is InChI=1S/C12H13FN2O3/c1-15(7-11(14)16)10-4-3-9(13)6-8(10)2-5-12(17)18/h2-6H,7H2,1H3,(H2,14,16)(H,17,18)/b5-2+. The van der Waals surface area contributed by atoms with Gasteiger partial charge in [0.05, 0.1) is 6.54 Å². The third kappa shape index (κ3) is 3.89. The second-order valence-corrected chi connectivity index (χ2v) is 3.70. The van der Waals surface area contributed by atoms with Gasteiger partial charge >= 0.3 is 5.97 Å². The van der Waals surface area contributed by atoms with Crippen molar-refractivity contribution >= 4 is 23.6 Å². The lowest BCUT2D eigenvalue weighted by atomic mass is 10.1. The zero-order chi connectivity index (χ0) is 13.7. The zero-order valence-corrected chi connectivity index (χ0v) is 9.76. The summed E-state index contributed by atoms with van der Waals surface area (Å²) in [5.41, 5.74) is 5.95. The highest BCUT2D eigenvalue weighted by atomic mass is 19.1. The van der Waals surface area contributed by atoms with Crippen molar-refractivity contribution in [1.82, 2.24) is 0 Å². The summed E-state index contributed by atoms with van der Waals surface area (Å²) >= 11 is 0. The van der Waals surface area contributed by atoms with Crippen LogP contribution in [-0.4, -0.2) is 30.6 Å². The maximum atomic E-state index is 13.1. The maximum Gasteiger partial charge on any atom is 0.328 e. The molecular weight excluding hydrogens is 239 g/mol. The van der Waals surface area contributed by atoms with E-state index in [-0.39, 0.29) is 6.54 Å². The Morgan fingerprint density at radius 2 is 2.17 bits per heavy atom. The van der Waals surface area contributed by atoms with E-state index in [9.17, 15) is 14.0 Å². The van der Waals surface area contributed by atoms with Crippen LogP contribution >= 0.6 is 0 Å². The first-order valence-corrected chi connectivity index (χ1v) is 5.10. The molecule has 96 valence electrons. The van der Waals surface area contributed by atoms with Crippen molar-refractivity contribution in [1.29, 1.82) is 0 Å². The fraction of sp³-hybridized carbons (Fsp3) is 0.167. The number of amides is 1. The predicted molar refractivity (Wildman–Crippen MR) is 65.5 cm³/mol. The minimum Gasteiger partial charge on any atom is -0.478 e. The topological polar surface area (TPSA) is 83.6 Å². The summed E-state index contributed by atoms with van der Waals surface area (Å²) in [7, 11) is 1.61. The first-order chi connectivity index (χ1) is 8.40. The molecule has 3 N–H and O–H groups in total. The summed E-state index contributed by atoms with van der Waals surface area (Å²) in [5, 5.41) is 8.55. The number of primary amides is 1. The molecule has 0 bridgehead atoms. The van der Waals surface area contributed by atoms with Gasteiger partial charge in [-0.3, -0.25) is 4.79 Å². The lowest BCUT2D eigenvalue weighted by Crippen LogP contribution is -2.30. The molecule has 1 amide bonds. The number of anilines is 1. The second kappa shape index (κ2) is 5.81. The molecule has 6 heteroatoms. The molecule has 0 spiro atoms. The molecule has 0 saturated carbocycles. The highest BCUT2D eigenvalue weighted by molar-refractivity contribution is 5.87.